The molecule has 1 aliphatic carbocycles. The molecular formula is C17H24N2. The van der Waals surface area contributed by atoms with Crippen molar-refractivity contribution in [3.05, 3.63) is 59.3 Å². The number of hydrogen-bond acceptors (Lipinski definition) is 2. The highest BCUT2D eigenvalue weighted by molar-refractivity contribution is 5.22. The maximum Gasteiger partial charge on any atom is 0.0296 e. The Morgan fingerprint density at radius 1 is 1.00 bits per heavy atom. The summed E-state index contributed by atoms with van der Waals surface area (Å²) >= 11 is 0. The fraction of sp³-hybridized carbons (Fsp3) is 0.412. The van der Waals surface area contributed by atoms with Crippen LogP contribution < -0.4 is 10.6 Å². The van der Waals surface area contributed by atoms with Crippen molar-refractivity contribution in [2.24, 2.45) is 0 Å². The van der Waals surface area contributed by atoms with E-state index in [9.17, 15) is 0 Å². The van der Waals surface area contributed by atoms with E-state index in [1.807, 2.05) is 0 Å². The molecule has 0 spiro atoms. The summed E-state index contributed by atoms with van der Waals surface area (Å²) in [5.74, 6) is 0. The van der Waals surface area contributed by atoms with Crippen LogP contribution in [0.2, 0.25) is 0 Å². The number of benzene rings is 1. The van der Waals surface area contributed by atoms with Crippen LogP contribution in [0.5, 0.6) is 0 Å². The van der Waals surface area contributed by atoms with Crippen LogP contribution in [0.4, 0.5) is 0 Å². The second-order valence-electron chi connectivity index (χ2n) is 4.91. The third-order valence-electron chi connectivity index (χ3n) is 3.39. The lowest BCUT2D eigenvalue weighted by Gasteiger charge is -2.11. The van der Waals surface area contributed by atoms with Gasteiger partial charge in [-0.2, -0.15) is 0 Å². The smallest absolute Gasteiger partial charge is 0.0296 e. The highest BCUT2D eigenvalue weighted by Gasteiger charge is 1.96. The molecule has 102 valence electrons. The van der Waals surface area contributed by atoms with Crippen molar-refractivity contribution in [3.8, 4) is 0 Å². The van der Waals surface area contributed by atoms with Crippen LogP contribution in [0, 0.1) is 0 Å². The first kappa shape index (κ1) is 13.9. The number of aryl methyl sites for hydroxylation is 1. The van der Waals surface area contributed by atoms with Crippen LogP contribution in [-0.4, -0.2) is 13.1 Å². The molecule has 0 bridgehead atoms. The molecule has 19 heavy (non-hydrogen) atoms. The van der Waals surface area contributed by atoms with Gasteiger partial charge in [-0.05, 0) is 36.5 Å². The van der Waals surface area contributed by atoms with E-state index >= 15 is 0 Å². The van der Waals surface area contributed by atoms with Crippen LogP contribution >= 0.6 is 0 Å². The molecule has 1 aromatic carbocycles. The van der Waals surface area contributed by atoms with Crippen LogP contribution in [0.25, 0.3) is 0 Å². The summed E-state index contributed by atoms with van der Waals surface area (Å²) in [5, 5.41) is 6.90. The molecule has 0 aromatic heterocycles. The van der Waals surface area contributed by atoms with Gasteiger partial charge in [-0.25, -0.2) is 0 Å². The van der Waals surface area contributed by atoms with Gasteiger partial charge in [0, 0.05) is 25.3 Å². The van der Waals surface area contributed by atoms with E-state index in [4.69, 9.17) is 0 Å². The summed E-state index contributed by atoms with van der Waals surface area (Å²) in [6, 6.07) is 8.86. The summed E-state index contributed by atoms with van der Waals surface area (Å²) in [4.78, 5) is 0. The molecule has 2 nitrogen and oxygen atoms in total. The second kappa shape index (κ2) is 7.80. The average molecular weight is 256 g/mol. The summed E-state index contributed by atoms with van der Waals surface area (Å²) in [7, 11) is 0. The fourth-order valence-corrected chi connectivity index (χ4v) is 2.17. The minimum Gasteiger partial charge on any atom is -0.384 e. The first-order valence-corrected chi connectivity index (χ1v) is 7.27. The Balaban J connectivity index is 1.61. The molecule has 0 saturated heterocycles. The molecule has 2 rings (SSSR count). The van der Waals surface area contributed by atoms with E-state index in [1.54, 1.807) is 0 Å². The van der Waals surface area contributed by atoms with Crippen molar-refractivity contribution in [1.29, 1.82) is 0 Å². The topological polar surface area (TPSA) is 24.1 Å². The van der Waals surface area contributed by atoms with Crippen molar-refractivity contribution >= 4 is 0 Å². The number of hydrogen-bond donors (Lipinski definition) is 2. The van der Waals surface area contributed by atoms with Gasteiger partial charge >= 0.3 is 0 Å². The zero-order valence-corrected chi connectivity index (χ0v) is 11.8. The van der Waals surface area contributed by atoms with Gasteiger partial charge in [0.25, 0.3) is 0 Å². The van der Waals surface area contributed by atoms with Gasteiger partial charge in [0.2, 0.25) is 0 Å². The Kier molecular flexibility index (Phi) is 5.70. The van der Waals surface area contributed by atoms with Gasteiger partial charge in [-0.3, -0.25) is 0 Å². The maximum absolute atomic E-state index is 3.46. The van der Waals surface area contributed by atoms with E-state index in [2.05, 4.69) is 60.1 Å². The monoisotopic (exact) mass is 256 g/mol. The number of rotatable bonds is 7. The van der Waals surface area contributed by atoms with Crippen LogP contribution in [0.15, 0.2) is 48.2 Å². The molecule has 0 atom stereocenters. The van der Waals surface area contributed by atoms with Crippen molar-refractivity contribution in [2.45, 2.75) is 32.7 Å². The molecule has 0 saturated carbocycles. The van der Waals surface area contributed by atoms with E-state index < -0.39 is 0 Å². The lowest BCUT2D eigenvalue weighted by atomic mass is 10.1. The lowest BCUT2D eigenvalue weighted by Crippen LogP contribution is -2.26. The standard InChI is InChI=1S/C17H24N2/c1-2-15-8-10-16(11-9-15)14-18-12-13-19-17-6-4-3-5-7-17/h4,6-11,18-19H,2-3,5,12-14H2,1H3. The Morgan fingerprint density at radius 2 is 1.79 bits per heavy atom. The molecule has 0 heterocycles. The minimum absolute atomic E-state index is 0.945. The van der Waals surface area contributed by atoms with E-state index in [-0.39, 0.29) is 0 Å². The van der Waals surface area contributed by atoms with Gasteiger partial charge in [-0.15, -0.1) is 0 Å². The molecule has 0 fully saturated rings. The molecule has 1 aromatic rings. The highest BCUT2D eigenvalue weighted by atomic mass is 14.9. The molecule has 0 aliphatic heterocycles. The number of nitrogens with one attached hydrogen (secondary N) is 2. The van der Waals surface area contributed by atoms with Crippen molar-refractivity contribution in [1.82, 2.24) is 10.6 Å². The molecule has 2 N–H and O–H groups in total. The summed E-state index contributed by atoms with van der Waals surface area (Å²) in [6.07, 6.45) is 10.1. The first-order chi connectivity index (χ1) is 9.38. The third kappa shape index (κ3) is 4.92. The van der Waals surface area contributed by atoms with E-state index in [1.165, 1.54) is 23.2 Å². The third-order valence-corrected chi connectivity index (χ3v) is 3.39. The molecule has 2 heteroatoms. The molecule has 0 unspecified atom stereocenters. The van der Waals surface area contributed by atoms with Gasteiger partial charge in [-0.1, -0.05) is 43.3 Å². The van der Waals surface area contributed by atoms with Gasteiger partial charge in [0.1, 0.15) is 0 Å². The summed E-state index contributed by atoms with van der Waals surface area (Å²) in [5.41, 5.74) is 4.02. The molecular weight excluding hydrogens is 232 g/mol. The maximum atomic E-state index is 3.46. The predicted octanol–water partition coefficient (Wildman–Crippen LogP) is 3.16. The van der Waals surface area contributed by atoms with Crippen LogP contribution in [0.3, 0.4) is 0 Å². The molecule has 0 radical (unpaired) electrons. The Morgan fingerprint density at radius 3 is 2.47 bits per heavy atom. The Labute approximate surface area is 116 Å². The quantitative estimate of drug-likeness (QED) is 0.732. The Hall–Kier alpha value is -1.54. The van der Waals surface area contributed by atoms with Crippen molar-refractivity contribution < 1.29 is 0 Å². The zero-order chi connectivity index (χ0) is 13.3. The summed E-state index contributed by atoms with van der Waals surface area (Å²) in [6.45, 7) is 5.10. The fourth-order valence-electron chi connectivity index (χ4n) is 2.17. The normalized spacial score (nSPS) is 14.3. The van der Waals surface area contributed by atoms with Crippen LogP contribution in [0.1, 0.15) is 30.9 Å². The highest BCUT2D eigenvalue weighted by Crippen LogP contribution is 2.06. The first-order valence-electron chi connectivity index (χ1n) is 7.27. The van der Waals surface area contributed by atoms with Gasteiger partial charge < -0.3 is 10.6 Å². The SMILES string of the molecule is CCc1ccc(CNCCNC2=CCCC=C2)cc1. The molecule has 0 amide bonds. The van der Waals surface area contributed by atoms with E-state index in [0.717, 1.165) is 32.5 Å². The zero-order valence-electron chi connectivity index (χ0n) is 11.8. The second-order valence-corrected chi connectivity index (χ2v) is 4.91. The predicted molar refractivity (Wildman–Crippen MR) is 82.0 cm³/mol. The van der Waals surface area contributed by atoms with Gasteiger partial charge in [0.05, 0.1) is 0 Å². The Bertz CT molecular complexity index is 429. The minimum atomic E-state index is 0.945. The van der Waals surface area contributed by atoms with E-state index in [0.29, 0.717) is 0 Å². The van der Waals surface area contributed by atoms with Gasteiger partial charge in [0.15, 0.2) is 0 Å². The lowest BCUT2D eigenvalue weighted by molar-refractivity contribution is 0.653. The largest absolute Gasteiger partial charge is 0.384 e. The van der Waals surface area contributed by atoms with Crippen LogP contribution in [-0.2, 0) is 13.0 Å². The number of allylic oxidation sites excluding steroid dienone is 3. The summed E-state index contributed by atoms with van der Waals surface area (Å²) < 4.78 is 0. The van der Waals surface area contributed by atoms with Crippen molar-refractivity contribution in [3.63, 3.8) is 0 Å². The average Bonchev–Trinajstić information content (AvgIpc) is 2.49. The van der Waals surface area contributed by atoms with Crippen molar-refractivity contribution in [2.75, 3.05) is 13.1 Å². The molecule has 1 aliphatic rings.